The Balaban J connectivity index is 2.64. The molecule has 2 N–H and O–H groups in total. The highest BCUT2D eigenvalue weighted by atomic mass is 16.4. The topological polar surface area (TPSA) is 66.4 Å². The highest BCUT2D eigenvalue weighted by Crippen LogP contribution is 2.22. The van der Waals surface area contributed by atoms with E-state index in [0.717, 1.165) is 12.8 Å². The fourth-order valence-electron chi connectivity index (χ4n) is 1.94. The molecule has 2 atom stereocenters. The predicted molar refractivity (Wildman–Crippen MR) is 65.5 cm³/mol. The Hall–Kier alpha value is -1.32. The van der Waals surface area contributed by atoms with Crippen LogP contribution in [0.3, 0.4) is 0 Å². The van der Waals surface area contributed by atoms with Crippen LogP contribution >= 0.6 is 0 Å². The van der Waals surface area contributed by atoms with Crippen LogP contribution in [-0.4, -0.2) is 23.0 Å². The molecule has 1 aliphatic rings. The first-order valence-corrected chi connectivity index (χ1v) is 6.00. The summed E-state index contributed by atoms with van der Waals surface area (Å²) in [5, 5.41) is 11.8. The van der Waals surface area contributed by atoms with Crippen molar-refractivity contribution in [3.8, 4) is 0 Å². The Bertz CT molecular complexity index is 328. The third kappa shape index (κ3) is 3.88. The molecule has 1 aliphatic carbocycles. The number of carboxylic acid groups (broad SMARTS) is 1. The number of amides is 1. The van der Waals surface area contributed by atoms with Crippen molar-refractivity contribution >= 4 is 11.9 Å². The van der Waals surface area contributed by atoms with Crippen LogP contribution in [0, 0.1) is 11.3 Å². The van der Waals surface area contributed by atoms with E-state index in [1.807, 2.05) is 26.8 Å². The first kappa shape index (κ1) is 13.7. The Morgan fingerprint density at radius 3 is 2.41 bits per heavy atom. The zero-order chi connectivity index (χ0) is 13.1. The maximum atomic E-state index is 12.0. The Kier molecular flexibility index (Phi) is 4.32. The number of carboxylic acids is 1. The number of aliphatic carboxylic acids is 1. The summed E-state index contributed by atoms with van der Waals surface area (Å²) in [4.78, 5) is 23.1. The van der Waals surface area contributed by atoms with Crippen molar-refractivity contribution in [2.75, 3.05) is 0 Å². The van der Waals surface area contributed by atoms with Gasteiger partial charge in [0.05, 0.1) is 0 Å². The third-order valence-electron chi connectivity index (χ3n) is 3.04. The van der Waals surface area contributed by atoms with E-state index in [4.69, 9.17) is 5.11 Å². The lowest BCUT2D eigenvalue weighted by molar-refractivity contribution is -0.145. The van der Waals surface area contributed by atoms with Gasteiger partial charge in [-0.25, -0.2) is 4.79 Å². The summed E-state index contributed by atoms with van der Waals surface area (Å²) in [7, 11) is 0. The molecule has 0 heterocycles. The van der Waals surface area contributed by atoms with Crippen LogP contribution in [0.25, 0.3) is 0 Å². The van der Waals surface area contributed by atoms with E-state index in [-0.39, 0.29) is 11.8 Å². The maximum absolute atomic E-state index is 12.0. The second kappa shape index (κ2) is 5.34. The molecule has 96 valence electrons. The zero-order valence-corrected chi connectivity index (χ0v) is 10.7. The highest BCUT2D eigenvalue weighted by molar-refractivity contribution is 5.85. The van der Waals surface area contributed by atoms with Crippen molar-refractivity contribution in [2.45, 2.75) is 46.1 Å². The Morgan fingerprint density at radius 1 is 1.35 bits per heavy atom. The van der Waals surface area contributed by atoms with Crippen LogP contribution in [0.5, 0.6) is 0 Å². The van der Waals surface area contributed by atoms with Crippen LogP contribution in [0.1, 0.15) is 40.0 Å². The minimum absolute atomic E-state index is 0.0794. The van der Waals surface area contributed by atoms with Crippen LogP contribution in [-0.2, 0) is 9.59 Å². The molecule has 1 rings (SSSR count). The van der Waals surface area contributed by atoms with Crippen LogP contribution in [0.2, 0.25) is 0 Å². The maximum Gasteiger partial charge on any atom is 0.326 e. The average molecular weight is 239 g/mol. The van der Waals surface area contributed by atoms with Gasteiger partial charge in [0.1, 0.15) is 6.04 Å². The van der Waals surface area contributed by atoms with Gasteiger partial charge in [0.2, 0.25) is 5.91 Å². The molecule has 0 bridgehead atoms. The molecule has 0 radical (unpaired) electrons. The van der Waals surface area contributed by atoms with Gasteiger partial charge >= 0.3 is 5.97 Å². The number of rotatable bonds is 3. The molecular formula is C13H21NO3. The minimum atomic E-state index is -0.975. The van der Waals surface area contributed by atoms with Crippen molar-refractivity contribution < 1.29 is 14.7 Å². The van der Waals surface area contributed by atoms with Gasteiger partial charge in [-0.05, 0) is 24.7 Å². The van der Waals surface area contributed by atoms with E-state index in [9.17, 15) is 9.59 Å². The second-order valence-electron chi connectivity index (χ2n) is 5.63. The molecule has 4 nitrogen and oxygen atoms in total. The van der Waals surface area contributed by atoms with Gasteiger partial charge in [-0.2, -0.15) is 0 Å². The van der Waals surface area contributed by atoms with E-state index < -0.39 is 17.4 Å². The van der Waals surface area contributed by atoms with E-state index in [1.165, 1.54) is 0 Å². The van der Waals surface area contributed by atoms with Crippen molar-refractivity contribution in [3.05, 3.63) is 12.2 Å². The molecule has 0 aromatic carbocycles. The fourth-order valence-corrected chi connectivity index (χ4v) is 1.94. The van der Waals surface area contributed by atoms with Crippen LogP contribution < -0.4 is 5.32 Å². The normalized spacial score (nSPS) is 21.9. The third-order valence-corrected chi connectivity index (χ3v) is 3.04. The number of allylic oxidation sites excluding steroid dienone is 2. The quantitative estimate of drug-likeness (QED) is 0.740. The molecule has 1 amide bonds. The molecular weight excluding hydrogens is 218 g/mol. The number of carbonyl (C=O) groups is 2. The fraction of sp³-hybridized carbons (Fsp3) is 0.692. The van der Waals surface area contributed by atoms with Gasteiger partial charge in [-0.3, -0.25) is 4.79 Å². The highest BCUT2D eigenvalue weighted by Gasteiger charge is 2.34. The van der Waals surface area contributed by atoms with Crippen molar-refractivity contribution in [1.29, 1.82) is 0 Å². The molecule has 0 saturated carbocycles. The van der Waals surface area contributed by atoms with E-state index >= 15 is 0 Å². The van der Waals surface area contributed by atoms with Gasteiger partial charge in [-0.1, -0.05) is 32.9 Å². The van der Waals surface area contributed by atoms with Crippen LogP contribution in [0.15, 0.2) is 12.2 Å². The molecule has 0 aromatic rings. The van der Waals surface area contributed by atoms with Crippen molar-refractivity contribution in [3.63, 3.8) is 0 Å². The molecule has 0 aromatic heterocycles. The zero-order valence-electron chi connectivity index (χ0n) is 10.7. The van der Waals surface area contributed by atoms with Gasteiger partial charge < -0.3 is 10.4 Å². The lowest BCUT2D eigenvalue weighted by Crippen LogP contribution is -2.50. The Labute approximate surface area is 102 Å². The lowest BCUT2D eigenvalue weighted by atomic mass is 9.85. The van der Waals surface area contributed by atoms with Crippen LogP contribution in [0.4, 0.5) is 0 Å². The SMILES string of the molecule is CC(C)(C)[C@@H](NC(=O)C1CC=CCC1)C(=O)O. The molecule has 1 unspecified atom stereocenters. The van der Waals surface area contributed by atoms with E-state index in [0.29, 0.717) is 6.42 Å². The first-order chi connectivity index (χ1) is 7.82. The summed E-state index contributed by atoms with van der Waals surface area (Å²) >= 11 is 0. The number of nitrogens with one attached hydrogen (secondary N) is 1. The summed E-state index contributed by atoms with van der Waals surface area (Å²) in [5.41, 5.74) is -0.480. The monoisotopic (exact) mass is 239 g/mol. The molecule has 0 aliphatic heterocycles. The smallest absolute Gasteiger partial charge is 0.326 e. The largest absolute Gasteiger partial charge is 0.480 e. The molecule has 0 saturated heterocycles. The van der Waals surface area contributed by atoms with E-state index in [1.54, 1.807) is 0 Å². The summed E-state index contributed by atoms with van der Waals surface area (Å²) in [6.07, 6.45) is 6.45. The number of hydrogen-bond acceptors (Lipinski definition) is 2. The standard InChI is InChI=1S/C13H21NO3/c1-13(2,3)10(12(16)17)14-11(15)9-7-5-4-6-8-9/h4-5,9-10H,6-8H2,1-3H3,(H,14,15)(H,16,17)/t9?,10-/m0/s1. The van der Waals surface area contributed by atoms with Gasteiger partial charge in [0.15, 0.2) is 0 Å². The summed E-state index contributed by atoms with van der Waals surface area (Å²) < 4.78 is 0. The predicted octanol–water partition coefficient (Wildman–Crippen LogP) is 1.96. The lowest BCUT2D eigenvalue weighted by Gasteiger charge is -2.29. The van der Waals surface area contributed by atoms with Gasteiger partial charge in [-0.15, -0.1) is 0 Å². The molecule has 4 heteroatoms. The van der Waals surface area contributed by atoms with E-state index in [2.05, 4.69) is 11.4 Å². The first-order valence-electron chi connectivity index (χ1n) is 6.00. The molecule has 17 heavy (non-hydrogen) atoms. The minimum Gasteiger partial charge on any atom is -0.480 e. The summed E-state index contributed by atoms with van der Waals surface area (Å²) in [5.74, 6) is -1.20. The average Bonchev–Trinajstić information content (AvgIpc) is 2.24. The molecule has 0 spiro atoms. The number of hydrogen-bond donors (Lipinski definition) is 2. The number of carbonyl (C=O) groups excluding carboxylic acids is 1. The second-order valence-corrected chi connectivity index (χ2v) is 5.63. The van der Waals surface area contributed by atoms with Gasteiger partial charge in [0, 0.05) is 5.92 Å². The summed E-state index contributed by atoms with van der Waals surface area (Å²) in [6.45, 7) is 5.44. The van der Waals surface area contributed by atoms with Crippen molar-refractivity contribution in [2.24, 2.45) is 11.3 Å². The summed E-state index contributed by atoms with van der Waals surface area (Å²) in [6, 6.07) is -0.832. The molecule has 0 fully saturated rings. The Morgan fingerprint density at radius 2 is 2.00 bits per heavy atom. The van der Waals surface area contributed by atoms with Crippen molar-refractivity contribution in [1.82, 2.24) is 5.32 Å². The van der Waals surface area contributed by atoms with Gasteiger partial charge in [0.25, 0.3) is 0 Å².